The third kappa shape index (κ3) is 3.43. The number of benzene rings is 1. The molecule has 1 unspecified atom stereocenters. The summed E-state index contributed by atoms with van der Waals surface area (Å²) in [4.78, 5) is 2.79. The highest BCUT2D eigenvalue weighted by Crippen LogP contribution is 2.34. The maximum Gasteiger partial charge on any atom is 0.0676 e. The first kappa shape index (κ1) is 15.6. The van der Waals surface area contributed by atoms with Gasteiger partial charge in [0.15, 0.2) is 0 Å². The predicted octanol–water partition coefficient (Wildman–Crippen LogP) is 5.42. The maximum atomic E-state index is 6.09. The Hall–Kier alpha value is -0.830. The molecule has 0 aliphatic carbocycles. The number of thiophene rings is 1. The van der Waals surface area contributed by atoms with Crippen LogP contribution in [-0.2, 0) is 0 Å². The zero-order valence-corrected chi connectivity index (χ0v) is 14.2. The molecular formula is C17H22ClNS. The lowest BCUT2D eigenvalue weighted by molar-refractivity contribution is 0.601. The van der Waals surface area contributed by atoms with Crippen molar-refractivity contribution in [3.63, 3.8) is 0 Å². The Kier molecular flexibility index (Phi) is 5.25. The van der Waals surface area contributed by atoms with Crippen LogP contribution in [0.2, 0.25) is 5.02 Å². The van der Waals surface area contributed by atoms with Gasteiger partial charge in [0.05, 0.1) is 6.04 Å². The number of halogens is 1. The SMILES string of the molecule is CCCNC(c1ccc(Cl)cc1C)c1sc(C)cc1C. The Morgan fingerprint density at radius 1 is 1.15 bits per heavy atom. The van der Waals surface area contributed by atoms with Crippen LogP contribution in [0.5, 0.6) is 0 Å². The molecule has 1 N–H and O–H groups in total. The summed E-state index contributed by atoms with van der Waals surface area (Å²) in [6, 6.07) is 8.73. The van der Waals surface area contributed by atoms with Crippen LogP contribution in [0, 0.1) is 20.8 Å². The second kappa shape index (κ2) is 6.75. The molecule has 2 aromatic rings. The van der Waals surface area contributed by atoms with E-state index < -0.39 is 0 Å². The number of hydrogen-bond donors (Lipinski definition) is 1. The van der Waals surface area contributed by atoms with Crippen LogP contribution in [0.25, 0.3) is 0 Å². The molecule has 0 spiro atoms. The number of aryl methyl sites for hydroxylation is 3. The van der Waals surface area contributed by atoms with Gasteiger partial charge in [-0.05, 0) is 68.6 Å². The highest BCUT2D eigenvalue weighted by atomic mass is 35.5. The number of nitrogens with one attached hydrogen (secondary N) is 1. The van der Waals surface area contributed by atoms with E-state index in [1.165, 1.54) is 26.4 Å². The first-order chi connectivity index (χ1) is 9.52. The fourth-order valence-corrected chi connectivity index (χ4v) is 3.90. The summed E-state index contributed by atoms with van der Waals surface area (Å²) in [6.07, 6.45) is 1.13. The molecule has 0 saturated heterocycles. The van der Waals surface area contributed by atoms with Crippen LogP contribution in [0.4, 0.5) is 0 Å². The minimum Gasteiger partial charge on any atom is -0.306 e. The molecule has 0 bridgehead atoms. The van der Waals surface area contributed by atoms with Gasteiger partial charge in [0.25, 0.3) is 0 Å². The second-order valence-electron chi connectivity index (χ2n) is 5.29. The van der Waals surface area contributed by atoms with Gasteiger partial charge in [0.1, 0.15) is 0 Å². The summed E-state index contributed by atoms with van der Waals surface area (Å²) in [6.45, 7) is 9.73. The van der Waals surface area contributed by atoms with E-state index in [0.717, 1.165) is 18.0 Å². The summed E-state index contributed by atoms with van der Waals surface area (Å²) < 4.78 is 0. The molecule has 1 aromatic carbocycles. The first-order valence-electron chi connectivity index (χ1n) is 7.09. The lowest BCUT2D eigenvalue weighted by Gasteiger charge is -2.21. The fraction of sp³-hybridized carbons (Fsp3) is 0.412. The Morgan fingerprint density at radius 3 is 2.45 bits per heavy atom. The molecule has 1 heterocycles. The topological polar surface area (TPSA) is 12.0 Å². The predicted molar refractivity (Wildman–Crippen MR) is 90.1 cm³/mol. The van der Waals surface area contributed by atoms with Gasteiger partial charge in [-0.1, -0.05) is 24.6 Å². The first-order valence-corrected chi connectivity index (χ1v) is 8.28. The molecule has 0 fully saturated rings. The van der Waals surface area contributed by atoms with E-state index in [0.29, 0.717) is 0 Å². The Labute approximate surface area is 131 Å². The van der Waals surface area contributed by atoms with Crippen LogP contribution < -0.4 is 5.32 Å². The average Bonchev–Trinajstić information content (AvgIpc) is 2.71. The third-order valence-corrected chi connectivity index (χ3v) is 4.94. The molecule has 108 valence electrons. The summed E-state index contributed by atoms with van der Waals surface area (Å²) in [5, 5.41) is 4.49. The second-order valence-corrected chi connectivity index (χ2v) is 7.02. The van der Waals surface area contributed by atoms with E-state index in [4.69, 9.17) is 11.6 Å². The lowest BCUT2D eigenvalue weighted by Crippen LogP contribution is -2.23. The minimum atomic E-state index is 0.269. The maximum absolute atomic E-state index is 6.09. The summed E-state index contributed by atoms with van der Waals surface area (Å²) >= 11 is 7.97. The van der Waals surface area contributed by atoms with Gasteiger partial charge >= 0.3 is 0 Å². The highest BCUT2D eigenvalue weighted by molar-refractivity contribution is 7.12. The fourth-order valence-electron chi connectivity index (χ4n) is 2.54. The summed E-state index contributed by atoms with van der Waals surface area (Å²) in [5.74, 6) is 0. The molecule has 20 heavy (non-hydrogen) atoms. The van der Waals surface area contributed by atoms with Crippen molar-refractivity contribution in [1.29, 1.82) is 0 Å². The molecule has 3 heteroatoms. The van der Waals surface area contributed by atoms with E-state index >= 15 is 0 Å². The zero-order valence-electron chi connectivity index (χ0n) is 12.6. The van der Waals surface area contributed by atoms with Crippen LogP contribution in [0.3, 0.4) is 0 Å². The highest BCUT2D eigenvalue weighted by Gasteiger charge is 2.19. The number of rotatable bonds is 5. The van der Waals surface area contributed by atoms with E-state index in [-0.39, 0.29) is 6.04 Å². The van der Waals surface area contributed by atoms with Crippen molar-refractivity contribution in [2.75, 3.05) is 6.54 Å². The molecular weight excluding hydrogens is 286 g/mol. The van der Waals surface area contributed by atoms with Crippen molar-refractivity contribution in [2.45, 2.75) is 40.2 Å². The van der Waals surface area contributed by atoms with E-state index in [9.17, 15) is 0 Å². The normalized spacial score (nSPS) is 12.7. The molecule has 2 rings (SSSR count). The van der Waals surface area contributed by atoms with Crippen molar-refractivity contribution >= 4 is 22.9 Å². The molecule has 0 radical (unpaired) electrons. The average molecular weight is 308 g/mol. The molecule has 0 saturated carbocycles. The van der Waals surface area contributed by atoms with Crippen molar-refractivity contribution in [3.8, 4) is 0 Å². The summed E-state index contributed by atoms with van der Waals surface area (Å²) in [5.41, 5.74) is 3.94. The molecule has 0 aliphatic rings. The zero-order chi connectivity index (χ0) is 14.7. The molecule has 1 nitrogen and oxygen atoms in total. The largest absolute Gasteiger partial charge is 0.306 e. The van der Waals surface area contributed by atoms with Gasteiger partial charge in [-0.2, -0.15) is 0 Å². The van der Waals surface area contributed by atoms with E-state index in [1.807, 2.05) is 23.5 Å². The molecule has 0 aliphatic heterocycles. The Bertz CT molecular complexity index is 589. The van der Waals surface area contributed by atoms with E-state index in [1.54, 1.807) is 0 Å². The molecule has 1 aromatic heterocycles. The monoisotopic (exact) mass is 307 g/mol. The van der Waals surface area contributed by atoms with Gasteiger partial charge < -0.3 is 5.32 Å². The Morgan fingerprint density at radius 2 is 1.90 bits per heavy atom. The quantitative estimate of drug-likeness (QED) is 0.778. The number of hydrogen-bond acceptors (Lipinski definition) is 2. The minimum absolute atomic E-state index is 0.269. The van der Waals surface area contributed by atoms with Crippen molar-refractivity contribution in [3.05, 3.63) is 55.7 Å². The van der Waals surface area contributed by atoms with Crippen LogP contribution in [0.1, 0.15) is 45.8 Å². The Balaban J connectivity index is 2.44. The van der Waals surface area contributed by atoms with Gasteiger partial charge in [-0.3, -0.25) is 0 Å². The van der Waals surface area contributed by atoms with Crippen LogP contribution in [-0.4, -0.2) is 6.54 Å². The molecule has 0 amide bonds. The van der Waals surface area contributed by atoms with Crippen LogP contribution in [0.15, 0.2) is 24.3 Å². The van der Waals surface area contributed by atoms with Crippen molar-refractivity contribution < 1.29 is 0 Å². The standard InChI is InChI=1S/C17H22ClNS/c1-5-8-19-16(17-12(3)9-13(4)20-17)15-7-6-14(18)10-11(15)2/h6-7,9-10,16,19H,5,8H2,1-4H3. The lowest BCUT2D eigenvalue weighted by atomic mass is 9.98. The summed E-state index contributed by atoms with van der Waals surface area (Å²) in [7, 11) is 0. The van der Waals surface area contributed by atoms with Crippen molar-refractivity contribution in [2.24, 2.45) is 0 Å². The van der Waals surface area contributed by atoms with Crippen molar-refractivity contribution in [1.82, 2.24) is 5.32 Å². The van der Waals surface area contributed by atoms with Gasteiger partial charge in [0.2, 0.25) is 0 Å². The van der Waals surface area contributed by atoms with Crippen LogP contribution >= 0.6 is 22.9 Å². The van der Waals surface area contributed by atoms with E-state index in [2.05, 4.69) is 45.1 Å². The molecule has 1 atom stereocenters. The third-order valence-electron chi connectivity index (χ3n) is 3.48. The van der Waals surface area contributed by atoms with Gasteiger partial charge in [0, 0.05) is 14.8 Å². The smallest absolute Gasteiger partial charge is 0.0676 e. The van der Waals surface area contributed by atoms with Gasteiger partial charge in [-0.25, -0.2) is 0 Å². The van der Waals surface area contributed by atoms with Gasteiger partial charge in [-0.15, -0.1) is 11.3 Å².